The highest BCUT2D eigenvalue weighted by Gasteiger charge is 2.34. The van der Waals surface area contributed by atoms with Crippen LogP contribution in [-0.4, -0.2) is 47.8 Å². The molecule has 0 bridgehead atoms. The quantitative estimate of drug-likeness (QED) is 0.696. The zero-order valence-corrected chi connectivity index (χ0v) is 9.08. The number of likely N-dealkylation sites (tertiary alicyclic amines) is 1. The molecule has 3 atom stereocenters. The third-order valence-electron chi connectivity index (χ3n) is 3.74. The second-order valence-corrected chi connectivity index (χ2v) is 4.68. The lowest BCUT2D eigenvalue weighted by atomic mass is 10.0. The summed E-state index contributed by atoms with van der Waals surface area (Å²) >= 11 is 0. The standard InChI is InChI=1S/C11H22N2O/c1-9(8-14)13-7-3-5-11(13)10-4-2-6-12-10/h9-12,14H,2-8H2,1H3. The van der Waals surface area contributed by atoms with E-state index in [1.54, 1.807) is 0 Å². The fourth-order valence-electron chi connectivity index (χ4n) is 2.94. The summed E-state index contributed by atoms with van der Waals surface area (Å²) in [5, 5.41) is 12.8. The van der Waals surface area contributed by atoms with Crippen molar-refractivity contribution in [3.8, 4) is 0 Å². The van der Waals surface area contributed by atoms with E-state index < -0.39 is 0 Å². The highest BCUT2D eigenvalue weighted by atomic mass is 16.3. The molecular formula is C11H22N2O. The second kappa shape index (κ2) is 4.60. The van der Waals surface area contributed by atoms with Crippen molar-refractivity contribution in [1.29, 1.82) is 0 Å². The Balaban J connectivity index is 1.95. The first-order valence-electron chi connectivity index (χ1n) is 5.93. The Kier molecular flexibility index (Phi) is 3.42. The zero-order valence-electron chi connectivity index (χ0n) is 9.08. The predicted molar refractivity (Wildman–Crippen MR) is 57.3 cm³/mol. The first-order valence-corrected chi connectivity index (χ1v) is 5.93. The van der Waals surface area contributed by atoms with Crippen molar-refractivity contribution in [3.63, 3.8) is 0 Å². The summed E-state index contributed by atoms with van der Waals surface area (Å²) < 4.78 is 0. The van der Waals surface area contributed by atoms with Gasteiger partial charge in [0.15, 0.2) is 0 Å². The SMILES string of the molecule is CC(CO)N1CCCC1C1CCCN1. The average Bonchev–Trinajstić information content (AvgIpc) is 2.85. The fourth-order valence-corrected chi connectivity index (χ4v) is 2.94. The van der Waals surface area contributed by atoms with E-state index in [4.69, 9.17) is 0 Å². The molecule has 0 aromatic carbocycles. The largest absolute Gasteiger partial charge is 0.395 e. The molecule has 82 valence electrons. The van der Waals surface area contributed by atoms with Gasteiger partial charge in [0.25, 0.3) is 0 Å². The molecule has 3 nitrogen and oxygen atoms in total. The molecule has 0 saturated carbocycles. The first-order chi connectivity index (χ1) is 6.83. The van der Waals surface area contributed by atoms with Gasteiger partial charge in [0, 0.05) is 18.1 Å². The molecule has 0 aliphatic carbocycles. The normalized spacial score (nSPS) is 36.4. The number of aliphatic hydroxyl groups is 1. The molecule has 2 rings (SSSR count). The van der Waals surface area contributed by atoms with Crippen molar-refractivity contribution in [2.45, 2.75) is 50.7 Å². The lowest BCUT2D eigenvalue weighted by molar-refractivity contribution is 0.108. The van der Waals surface area contributed by atoms with E-state index in [1.807, 2.05) is 0 Å². The maximum absolute atomic E-state index is 9.19. The van der Waals surface area contributed by atoms with E-state index in [0.29, 0.717) is 24.7 Å². The van der Waals surface area contributed by atoms with Gasteiger partial charge in [-0.05, 0) is 45.7 Å². The van der Waals surface area contributed by atoms with Crippen molar-refractivity contribution in [2.24, 2.45) is 0 Å². The Morgan fingerprint density at radius 2 is 2.29 bits per heavy atom. The second-order valence-electron chi connectivity index (χ2n) is 4.68. The van der Waals surface area contributed by atoms with Crippen molar-refractivity contribution in [3.05, 3.63) is 0 Å². The minimum absolute atomic E-state index is 0.295. The van der Waals surface area contributed by atoms with E-state index in [1.165, 1.54) is 38.8 Å². The van der Waals surface area contributed by atoms with Crippen molar-refractivity contribution >= 4 is 0 Å². The molecule has 0 spiro atoms. The van der Waals surface area contributed by atoms with E-state index in [-0.39, 0.29) is 0 Å². The van der Waals surface area contributed by atoms with Crippen molar-refractivity contribution in [1.82, 2.24) is 10.2 Å². The molecule has 14 heavy (non-hydrogen) atoms. The molecule has 2 aliphatic heterocycles. The van der Waals surface area contributed by atoms with Gasteiger partial charge in [0.05, 0.1) is 6.61 Å². The van der Waals surface area contributed by atoms with Crippen LogP contribution in [0.1, 0.15) is 32.6 Å². The summed E-state index contributed by atoms with van der Waals surface area (Å²) in [6, 6.07) is 1.70. The van der Waals surface area contributed by atoms with Crippen LogP contribution in [0.25, 0.3) is 0 Å². The zero-order chi connectivity index (χ0) is 9.97. The Morgan fingerprint density at radius 3 is 2.93 bits per heavy atom. The number of nitrogens with zero attached hydrogens (tertiary/aromatic N) is 1. The Labute approximate surface area is 86.5 Å². The molecule has 3 heteroatoms. The van der Waals surface area contributed by atoms with Gasteiger partial charge in [-0.2, -0.15) is 0 Å². The summed E-state index contributed by atoms with van der Waals surface area (Å²) in [6.45, 7) is 4.78. The molecule has 2 fully saturated rings. The van der Waals surface area contributed by atoms with Crippen LogP contribution in [-0.2, 0) is 0 Å². The summed E-state index contributed by atoms with van der Waals surface area (Å²) in [4.78, 5) is 2.49. The molecule has 2 N–H and O–H groups in total. The Bertz CT molecular complexity index is 180. The third kappa shape index (κ3) is 1.95. The van der Waals surface area contributed by atoms with Crippen LogP contribution < -0.4 is 5.32 Å². The van der Waals surface area contributed by atoms with Gasteiger partial charge in [-0.3, -0.25) is 4.90 Å². The number of nitrogens with one attached hydrogen (secondary N) is 1. The summed E-state index contributed by atoms with van der Waals surface area (Å²) in [5.41, 5.74) is 0. The minimum atomic E-state index is 0.295. The molecule has 0 radical (unpaired) electrons. The monoisotopic (exact) mass is 198 g/mol. The van der Waals surface area contributed by atoms with Gasteiger partial charge in [-0.25, -0.2) is 0 Å². The summed E-state index contributed by atoms with van der Waals surface area (Å²) in [6.07, 6.45) is 5.25. The molecule has 0 aromatic heterocycles. The maximum Gasteiger partial charge on any atom is 0.0584 e. The van der Waals surface area contributed by atoms with Crippen LogP contribution in [0.4, 0.5) is 0 Å². The topological polar surface area (TPSA) is 35.5 Å². The number of hydrogen-bond acceptors (Lipinski definition) is 3. The molecule has 2 heterocycles. The van der Waals surface area contributed by atoms with E-state index in [9.17, 15) is 5.11 Å². The van der Waals surface area contributed by atoms with Gasteiger partial charge >= 0.3 is 0 Å². The van der Waals surface area contributed by atoms with E-state index in [0.717, 1.165) is 0 Å². The van der Waals surface area contributed by atoms with Gasteiger partial charge in [0.2, 0.25) is 0 Å². The van der Waals surface area contributed by atoms with Crippen LogP contribution in [0, 0.1) is 0 Å². The van der Waals surface area contributed by atoms with Crippen LogP contribution in [0.2, 0.25) is 0 Å². The molecule has 0 amide bonds. The van der Waals surface area contributed by atoms with Crippen LogP contribution in [0.3, 0.4) is 0 Å². The number of hydrogen-bond donors (Lipinski definition) is 2. The van der Waals surface area contributed by atoms with Crippen molar-refractivity contribution in [2.75, 3.05) is 19.7 Å². The highest BCUT2D eigenvalue weighted by molar-refractivity contribution is 4.93. The lowest BCUT2D eigenvalue weighted by Gasteiger charge is -2.33. The minimum Gasteiger partial charge on any atom is -0.395 e. The van der Waals surface area contributed by atoms with E-state index >= 15 is 0 Å². The lowest BCUT2D eigenvalue weighted by Crippen LogP contribution is -2.48. The Morgan fingerprint density at radius 1 is 1.43 bits per heavy atom. The first kappa shape index (κ1) is 10.4. The van der Waals surface area contributed by atoms with Gasteiger partial charge in [-0.15, -0.1) is 0 Å². The highest BCUT2D eigenvalue weighted by Crippen LogP contribution is 2.26. The predicted octanol–water partition coefficient (Wildman–Crippen LogP) is 0.584. The molecule has 0 aromatic rings. The number of rotatable bonds is 3. The maximum atomic E-state index is 9.19. The van der Waals surface area contributed by atoms with Crippen LogP contribution in [0.5, 0.6) is 0 Å². The third-order valence-corrected chi connectivity index (χ3v) is 3.74. The molecule has 2 saturated heterocycles. The molecule has 3 unspecified atom stereocenters. The Hall–Kier alpha value is -0.120. The summed E-state index contributed by atoms with van der Waals surface area (Å²) in [7, 11) is 0. The number of aliphatic hydroxyl groups excluding tert-OH is 1. The van der Waals surface area contributed by atoms with Crippen molar-refractivity contribution < 1.29 is 5.11 Å². The molecule has 2 aliphatic rings. The molecular weight excluding hydrogens is 176 g/mol. The fraction of sp³-hybridized carbons (Fsp3) is 1.00. The average molecular weight is 198 g/mol. The van der Waals surface area contributed by atoms with Gasteiger partial charge in [-0.1, -0.05) is 0 Å². The van der Waals surface area contributed by atoms with Gasteiger partial charge < -0.3 is 10.4 Å². The van der Waals surface area contributed by atoms with E-state index in [2.05, 4.69) is 17.1 Å². The van der Waals surface area contributed by atoms with Crippen LogP contribution in [0.15, 0.2) is 0 Å². The van der Waals surface area contributed by atoms with Gasteiger partial charge in [0.1, 0.15) is 0 Å². The van der Waals surface area contributed by atoms with Crippen LogP contribution >= 0.6 is 0 Å². The smallest absolute Gasteiger partial charge is 0.0584 e. The summed E-state index contributed by atoms with van der Waals surface area (Å²) in [5.74, 6) is 0.